The average Bonchev–Trinajstić information content (AvgIpc) is 3.41. The van der Waals surface area contributed by atoms with Crippen molar-refractivity contribution < 1.29 is 39.8 Å². The molecule has 9 nitrogen and oxygen atoms in total. The topological polar surface area (TPSA) is 149 Å². The lowest BCUT2D eigenvalue weighted by molar-refractivity contribution is -0.302. The lowest BCUT2D eigenvalue weighted by Crippen LogP contribution is -2.60. The maximum atomic E-state index is 13.0. The van der Waals surface area contributed by atoms with E-state index < -0.39 is 49.5 Å². The number of rotatable bonds is 51. The summed E-state index contributed by atoms with van der Waals surface area (Å²) in [5, 5.41) is 54.4. The Morgan fingerprint density at radius 1 is 0.467 bits per heavy atom. The number of hydrogen-bond donors (Lipinski definition) is 6. The predicted molar refractivity (Wildman–Crippen MR) is 317 cm³/mol. The van der Waals surface area contributed by atoms with Gasteiger partial charge < -0.3 is 40.3 Å². The van der Waals surface area contributed by atoms with E-state index in [-0.39, 0.29) is 12.5 Å². The number of aliphatic hydroxyl groups excluding tert-OH is 5. The van der Waals surface area contributed by atoms with E-state index in [9.17, 15) is 30.3 Å². The Kier molecular flexibility index (Phi) is 50.5. The van der Waals surface area contributed by atoms with E-state index in [0.29, 0.717) is 6.42 Å². The van der Waals surface area contributed by atoms with Gasteiger partial charge in [0, 0.05) is 6.42 Å². The van der Waals surface area contributed by atoms with Gasteiger partial charge in [0.1, 0.15) is 24.4 Å². The maximum absolute atomic E-state index is 13.0. The fraction of sp³-hybridized carbons (Fsp3) is 0.712. The van der Waals surface area contributed by atoms with Crippen molar-refractivity contribution in [3.05, 3.63) is 109 Å². The second-order valence-electron chi connectivity index (χ2n) is 20.8. The highest BCUT2D eigenvalue weighted by Gasteiger charge is 2.44. The molecule has 0 aromatic heterocycles. The summed E-state index contributed by atoms with van der Waals surface area (Å²) in [5.41, 5.74) is 0. The summed E-state index contributed by atoms with van der Waals surface area (Å²) < 4.78 is 11.3. The molecule has 1 heterocycles. The molecular formula is C66H113NO8. The van der Waals surface area contributed by atoms with Crippen molar-refractivity contribution in [3.8, 4) is 0 Å². The number of ether oxygens (including phenoxy) is 2. The Morgan fingerprint density at radius 2 is 0.827 bits per heavy atom. The highest BCUT2D eigenvalue weighted by Crippen LogP contribution is 2.23. The van der Waals surface area contributed by atoms with Gasteiger partial charge in [-0.2, -0.15) is 0 Å². The molecular weight excluding hydrogens is 935 g/mol. The van der Waals surface area contributed by atoms with Crippen LogP contribution >= 0.6 is 0 Å². The number of allylic oxidation sites excluding steroid dienone is 17. The van der Waals surface area contributed by atoms with E-state index in [2.05, 4.69) is 116 Å². The fourth-order valence-electron chi connectivity index (χ4n) is 9.06. The summed E-state index contributed by atoms with van der Waals surface area (Å²) in [4.78, 5) is 13.0. The molecule has 6 N–H and O–H groups in total. The fourth-order valence-corrected chi connectivity index (χ4v) is 9.06. The molecule has 1 aliphatic rings. The number of hydrogen-bond acceptors (Lipinski definition) is 8. The molecule has 1 saturated heterocycles. The van der Waals surface area contributed by atoms with Gasteiger partial charge in [-0.3, -0.25) is 4.79 Å². The lowest BCUT2D eigenvalue weighted by atomic mass is 9.99. The normalized spacial score (nSPS) is 19.7. The first-order valence-corrected chi connectivity index (χ1v) is 30.6. The zero-order valence-corrected chi connectivity index (χ0v) is 47.8. The molecule has 0 saturated carbocycles. The smallest absolute Gasteiger partial charge is 0.220 e. The molecule has 9 heteroatoms. The van der Waals surface area contributed by atoms with Crippen LogP contribution in [0.3, 0.4) is 0 Å². The van der Waals surface area contributed by atoms with Crippen molar-refractivity contribution >= 4 is 5.91 Å². The highest BCUT2D eigenvalue weighted by molar-refractivity contribution is 5.76. The van der Waals surface area contributed by atoms with Crippen LogP contribution in [0.15, 0.2) is 109 Å². The van der Waals surface area contributed by atoms with Crippen LogP contribution in [0.4, 0.5) is 0 Å². The number of nitrogens with one attached hydrogen (secondary N) is 1. The molecule has 1 aliphatic heterocycles. The largest absolute Gasteiger partial charge is 0.394 e. The third-order valence-corrected chi connectivity index (χ3v) is 13.9. The molecule has 7 unspecified atom stereocenters. The average molecular weight is 1050 g/mol. The zero-order chi connectivity index (χ0) is 54.3. The summed E-state index contributed by atoms with van der Waals surface area (Å²) in [6.07, 6.45) is 73.1. The van der Waals surface area contributed by atoms with Crippen molar-refractivity contribution in [3.63, 3.8) is 0 Å². The zero-order valence-electron chi connectivity index (χ0n) is 47.8. The molecule has 0 bridgehead atoms. The van der Waals surface area contributed by atoms with E-state index in [1.165, 1.54) is 135 Å². The van der Waals surface area contributed by atoms with Gasteiger partial charge in [-0.05, 0) is 83.5 Å². The molecule has 1 fully saturated rings. The van der Waals surface area contributed by atoms with Gasteiger partial charge in [0.05, 0.1) is 25.4 Å². The van der Waals surface area contributed by atoms with Crippen molar-refractivity contribution in [2.45, 2.75) is 288 Å². The van der Waals surface area contributed by atoms with Crippen molar-refractivity contribution in [2.75, 3.05) is 13.2 Å². The first-order valence-electron chi connectivity index (χ1n) is 30.6. The maximum Gasteiger partial charge on any atom is 0.220 e. The van der Waals surface area contributed by atoms with Crippen LogP contribution in [0.25, 0.3) is 0 Å². The SMILES string of the molecule is CC/C=C\C/C=C\C/C=C\C/C=C\C/C=C\C/C=C\C/C=C\C/C=C\CCCCCCCCCCCCCCCCC(=O)NC(COC1OC(CO)C(O)C(O)C1O)C(O)/C=C/CCCCCCCCCCCCC. The number of carbonyl (C=O) groups excluding carboxylic acids is 1. The molecule has 0 aromatic carbocycles. The predicted octanol–water partition coefficient (Wildman–Crippen LogP) is 15.7. The summed E-state index contributed by atoms with van der Waals surface area (Å²) in [6, 6.07) is -0.810. The molecule has 430 valence electrons. The Morgan fingerprint density at radius 3 is 1.23 bits per heavy atom. The molecule has 1 amide bonds. The molecule has 0 aromatic rings. The third-order valence-electron chi connectivity index (χ3n) is 13.9. The summed E-state index contributed by atoms with van der Waals surface area (Å²) in [7, 11) is 0. The monoisotopic (exact) mass is 1050 g/mol. The van der Waals surface area contributed by atoms with E-state index >= 15 is 0 Å². The highest BCUT2D eigenvalue weighted by atomic mass is 16.7. The van der Waals surface area contributed by atoms with Crippen LogP contribution < -0.4 is 5.32 Å². The number of unbranched alkanes of at least 4 members (excludes halogenated alkanes) is 25. The summed E-state index contributed by atoms with van der Waals surface area (Å²) in [5.74, 6) is -0.181. The van der Waals surface area contributed by atoms with Crippen LogP contribution in [0, 0.1) is 0 Å². The van der Waals surface area contributed by atoms with E-state index in [1.54, 1.807) is 6.08 Å². The van der Waals surface area contributed by atoms with E-state index in [0.717, 1.165) is 89.9 Å². The van der Waals surface area contributed by atoms with Gasteiger partial charge in [0.15, 0.2) is 6.29 Å². The van der Waals surface area contributed by atoms with Gasteiger partial charge in [0.25, 0.3) is 0 Å². The summed E-state index contributed by atoms with van der Waals surface area (Å²) >= 11 is 0. The van der Waals surface area contributed by atoms with Gasteiger partial charge in [0.2, 0.25) is 5.91 Å². The lowest BCUT2D eigenvalue weighted by Gasteiger charge is -2.40. The quantitative estimate of drug-likeness (QED) is 0.0261. The van der Waals surface area contributed by atoms with Crippen molar-refractivity contribution in [2.24, 2.45) is 0 Å². The molecule has 1 rings (SSSR count). The van der Waals surface area contributed by atoms with Gasteiger partial charge in [-0.15, -0.1) is 0 Å². The molecule has 0 aliphatic carbocycles. The van der Waals surface area contributed by atoms with Gasteiger partial charge in [-0.25, -0.2) is 0 Å². The van der Waals surface area contributed by atoms with Crippen molar-refractivity contribution in [1.29, 1.82) is 0 Å². The molecule has 0 radical (unpaired) electrons. The minimum atomic E-state index is -1.57. The van der Waals surface area contributed by atoms with Crippen molar-refractivity contribution in [1.82, 2.24) is 5.32 Å². The van der Waals surface area contributed by atoms with Gasteiger partial charge in [-0.1, -0.05) is 264 Å². The van der Waals surface area contributed by atoms with E-state index in [4.69, 9.17) is 9.47 Å². The van der Waals surface area contributed by atoms with Crippen LogP contribution in [0.1, 0.15) is 245 Å². The Labute approximate surface area is 459 Å². The second kappa shape index (κ2) is 54.2. The van der Waals surface area contributed by atoms with E-state index in [1.807, 2.05) is 6.08 Å². The first kappa shape index (κ1) is 69.9. The van der Waals surface area contributed by atoms with Crippen LogP contribution in [0.2, 0.25) is 0 Å². The molecule has 75 heavy (non-hydrogen) atoms. The minimum Gasteiger partial charge on any atom is -0.394 e. The first-order chi connectivity index (χ1) is 36.8. The van der Waals surface area contributed by atoms with Gasteiger partial charge >= 0.3 is 0 Å². The summed E-state index contributed by atoms with van der Waals surface area (Å²) in [6.45, 7) is 3.65. The number of amides is 1. The standard InChI is InChI=1S/C66H113NO8/c1-3-5-7-9-11-13-15-17-18-19-20-21-22-23-24-25-26-27-28-29-30-31-32-33-34-35-36-37-38-39-40-41-42-44-46-48-50-52-54-56-62(70)67-59(58-74-66-65(73)64(72)63(71)61(57-68)75-66)60(69)55-53-51-49-47-45-43-16-14-12-10-8-6-4-2/h5,7,11,13,17-18,20-21,23-24,26-27,29-30,32-33,53,55,59-61,63-66,68-69,71-73H,3-4,6,8-10,12,14-16,19,22,25,28,31,34-52,54,56-58H2,1-2H3,(H,67,70)/b7-5-,13-11-,18-17-,21-20-,24-23-,27-26-,30-29-,33-32-,55-53+. The molecule has 0 spiro atoms. The number of aliphatic hydroxyl groups is 5. The second-order valence-corrected chi connectivity index (χ2v) is 20.8. The Bertz CT molecular complexity index is 1540. The molecule has 7 atom stereocenters. The number of carbonyl (C=O) groups is 1. The minimum absolute atomic E-state index is 0.181. The Balaban J connectivity index is 2.11. The van der Waals surface area contributed by atoms with Crippen LogP contribution in [-0.2, 0) is 14.3 Å². The Hall–Kier alpha value is -3.15. The third kappa shape index (κ3) is 43.5. The van der Waals surface area contributed by atoms with Crippen LogP contribution in [0.5, 0.6) is 0 Å². The van der Waals surface area contributed by atoms with Crippen LogP contribution in [-0.4, -0.2) is 87.5 Å².